The molecule has 6 nitrogen and oxygen atoms in total. The van der Waals surface area contributed by atoms with Crippen LogP contribution in [0.4, 0.5) is 10.5 Å². The number of aliphatic hydroxyl groups excluding tert-OH is 1. The Kier molecular flexibility index (Phi) is 6.19. The number of anilines is 1. The second-order valence-corrected chi connectivity index (χ2v) is 6.92. The molecule has 3 rings (SSSR count). The standard InChI is InChI=1S/C21H26N2O4/c1-27-20-11-5-16(6-12-20)22-21(26)23(17-7-9-18(24)10-8-17)14-15-3-2-4-19(25)13-15/h2-6,11-13,17-18,24-25H,7-10,14H2,1H3,(H,22,26). The minimum atomic E-state index is -0.284. The largest absolute Gasteiger partial charge is 0.508 e. The predicted molar refractivity (Wildman–Crippen MR) is 104 cm³/mol. The monoisotopic (exact) mass is 370 g/mol. The molecule has 0 spiro atoms. The van der Waals surface area contributed by atoms with E-state index in [9.17, 15) is 15.0 Å². The van der Waals surface area contributed by atoms with Crippen molar-refractivity contribution in [3.63, 3.8) is 0 Å². The van der Waals surface area contributed by atoms with Crippen LogP contribution in [0, 0.1) is 0 Å². The number of carbonyl (C=O) groups excluding carboxylic acids is 1. The van der Waals surface area contributed by atoms with Gasteiger partial charge in [0.2, 0.25) is 0 Å². The molecular weight excluding hydrogens is 344 g/mol. The summed E-state index contributed by atoms with van der Waals surface area (Å²) in [4.78, 5) is 14.8. The molecule has 2 aromatic carbocycles. The van der Waals surface area contributed by atoms with Gasteiger partial charge in [0, 0.05) is 18.3 Å². The number of methoxy groups -OCH3 is 1. The highest BCUT2D eigenvalue weighted by Gasteiger charge is 2.28. The maximum absolute atomic E-state index is 13.0. The summed E-state index contributed by atoms with van der Waals surface area (Å²) in [6, 6.07) is 14.0. The van der Waals surface area contributed by atoms with Gasteiger partial charge in [-0.1, -0.05) is 12.1 Å². The fourth-order valence-corrected chi connectivity index (χ4v) is 3.46. The molecule has 0 heterocycles. The Labute approximate surface area is 159 Å². The Bertz CT molecular complexity index is 755. The van der Waals surface area contributed by atoms with Gasteiger partial charge in [-0.2, -0.15) is 0 Å². The quantitative estimate of drug-likeness (QED) is 0.749. The highest BCUT2D eigenvalue weighted by atomic mass is 16.5. The van der Waals surface area contributed by atoms with Crippen molar-refractivity contribution >= 4 is 11.7 Å². The molecule has 0 aliphatic heterocycles. The minimum Gasteiger partial charge on any atom is -0.508 e. The number of phenolic OH excluding ortho intramolecular Hbond substituents is 1. The zero-order chi connectivity index (χ0) is 19.2. The first kappa shape index (κ1) is 19.0. The molecule has 3 N–H and O–H groups in total. The normalized spacial score (nSPS) is 19.3. The third kappa shape index (κ3) is 5.14. The van der Waals surface area contributed by atoms with Crippen molar-refractivity contribution in [3.05, 3.63) is 54.1 Å². The van der Waals surface area contributed by atoms with Crippen molar-refractivity contribution in [1.82, 2.24) is 4.90 Å². The fraction of sp³-hybridized carbons (Fsp3) is 0.381. The molecule has 2 aromatic rings. The molecule has 27 heavy (non-hydrogen) atoms. The predicted octanol–water partition coefficient (Wildman–Crippen LogP) is 3.74. The third-order valence-electron chi connectivity index (χ3n) is 4.97. The summed E-state index contributed by atoms with van der Waals surface area (Å²) in [5.74, 6) is 0.910. The van der Waals surface area contributed by atoms with E-state index in [0.717, 1.165) is 24.2 Å². The van der Waals surface area contributed by atoms with E-state index in [0.29, 0.717) is 25.1 Å². The zero-order valence-corrected chi connectivity index (χ0v) is 15.5. The number of amides is 2. The van der Waals surface area contributed by atoms with Crippen molar-refractivity contribution in [2.75, 3.05) is 12.4 Å². The SMILES string of the molecule is COc1ccc(NC(=O)N(Cc2cccc(O)c2)C2CCC(O)CC2)cc1. The van der Waals surface area contributed by atoms with Gasteiger partial charge >= 0.3 is 6.03 Å². The number of nitrogens with zero attached hydrogens (tertiary/aromatic N) is 1. The van der Waals surface area contributed by atoms with Crippen LogP contribution in [0.2, 0.25) is 0 Å². The number of rotatable bonds is 5. The van der Waals surface area contributed by atoms with Crippen LogP contribution >= 0.6 is 0 Å². The highest BCUT2D eigenvalue weighted by molar-refractivity contribution is 5.89. The van der Waals surface area contributed by atoms with Crippen LogP contribution in [0.3, 0.4) is 0 Å². The lowest BCUT2D eigenvalue weighted by atomic mass is 9.92. The molecule has 0 unspecified atom stereocenters. The molecule has 144 valence electrons. The van der Waals surface area contributed by atoms with Gasteiger partial charge in [-0.15, -0.1) is 0 Å². The number of nitrogens with one attached hydrogen (secondary N) is 1. The van der Waals surface area contributed by atoms with E-state index in [1.54, 1.807) is 54.5 Å². The van der Waals surface area contributed by atoms with Crippen molar-refractivity contribution in [1.29, 1.82) is 0 Å². The van der Waals surface area contributed by atoms with E-state index < -0.39 is 0 Å². The van der Waals surface area contributed by atoms with Gasteiger partial charge in [0.25, 0.3) is 0 Å². The molecule has 0 atom stereocenters. The van der Waals surface area contributed by atoms with Gasteiger partial charge < -0.3 is 25.2 Å². The number of aliphatic hydroxyl groups is 1. The summed E-state index contributed by atoms with van der Waals surface area (Å²) < 4.78 is 5.15. The molecule has 6 heteroatoms. The molecule has 2 amide bonds. The van der Waals surface area contributed by atoms with Crippen LogP contribution in [0.1, 0.15) is 31.2 Å². The molecular formula is C21H26N2O4. The van der Waals surface area contributed by atoms with Crippen LogP contribution < -0.4 is 10.1 Å². The smallest absolute Gasteiger partial charge is 0.322 e. The molecule has 1 saturated carbocycles. The Hall–Kier alpha value is -2.73. The van der Waals surface area contributed by atoms with E-state index in [4.69, 9.17) is 4.74 Å². The van der Waals surface area contributed by atoms with Crippen LogP contribution in [0.5, 0.6) is 11.5 Å². The van der Waals surface area contributed by atoms with E-state index in [2.05, 4.69) is 5.32 Å². The second-order valence-electron chi connectivity index (χ2n) is 6.92. The number of carbonyl (C=O) groups is 1. The maximum Gasteiger partial charge on any atom is 0.322 e. The number of aromatic hydroxyl groups is 1. The number of phenols is 1. The van der Waals surface area contributed by atoms with Gasteiger partial charge in [-0.25, -0.2) is 4.79 Å². The molecule has 1 fully saturated rings. The summed E-state index contributed by atoms with van der Waals surface area (Å²) in [5.41, 5.74) is 1.56. The zero-order valence-electron chi connectivity index (χ0n) is 15.5. The Morgan fingerprint density at radius 3 is 2.48 bits per heavy atom. The summed E-state index contributed by atoms with van der Waals surface area (Å²) in [6.07, 6.45) is 2.62. The average molecular weight is 370 g/mol. The number of urea groups is 1. The Morgan fingerprint density at radius 1 is 1.15 bits per heavy atom. The van der Waals surface area contributed by atoms with E-state index >= 15 is 0 Å². The highest BCUT2D eigenvalue weighted by Crippen LogP contribution is 2.26. The first-order chi connectivity index (χ1) is 13.0. The van der Waals surface area contributed by atoms with Gasteiger partial charge in [-0.3, -0.25) is 0 Å². The number of hydrogen-bond donors (Lipinski definition) is 3. The van der Waals surface area contributed by atoms with Gasteiger partial charge in [0.1, 0.15) is 11.5 Å². The summed E-state index contributed by atoms with van der Waals surface area (Å²) in [7, 11) is 1.60. The fourth-order valence-electron chi connectivity index (χ4n) is 3.46. The summed E-state index contributed by atoms with van der Waals surface area (Å²) in [6.45, 7) is 0.400. The van der Waals surface area contributed by atoms with Gasteiger partial charge in [0.05, 0.1) is 13.2 Å². The molecule has 0 radical (unpaired) electrons. The van der Waals surface area contributed by atoms with Crippen molar-refractivity contribution in [2.24, 2.45) is 0 Å². The minimum absolute atomic E-state index is 0.0500. The van der Waals surface area contributed by atoms with Gasteiger partial charge in [-0.05, 0) is 67.6 Å². The van der Waals surface area contributed by atoms with E-state index in [1.165, 1.54) is 0 Å². The Balaban J connectivity index is 1.75. The first-order valence-electron chi connectivity index (χ1n) is 9.23. The van der Waals surface area contributed by atoms with Crippen LogP contribution in [-0.4, -0.2) is 40.4 Å². The molecule has 1 aliphatic carbocycles. The summed E-state index contributed by atoms with van der Waals surface area (Å²) in [5, 5.41) is 22.5. The van der Waals surface area contributed by atoms with Crippen LogP contribution in [-0.2, 0) is 6.54 Å². The van der Waals surface area contributed by atoms with Crippen LogP contribution in [0.15, 0.2) is 48.5 Å². The number of benzene rings is 2. The lowest BCUT2D eigenvalue weighted by Crippen LogP contribution is -2.44. The second kappa shape index (κ2) is 8.77. The number of ether oxygens (including phenoxy) is 1. The van der Waals surface area contributed by atoms with Crippen LogP contribution in [0.25, 0.3) is 0 Å². The average Bonchev–Trinajstić information content (AvgIpc) is 2.67. The third-order valence-corrected chi connectivity index (χ3v) is 4.97. The molecule has 0 bridgehead atoms. The molecule has 0 saturated heterocycles. The molecule has 1 aliphatic rings. The van der Waals surface area contributed by atoms with Crippen molar-refractivity contribution in [2.45, 2.75) is 44.4 Å². The van der Waals surface area contributed by atoms with Gasteiger partial charge in [0.15, 0.2) is 0 Å². The van der Waals surface area contributed by atoms with E-state index in [1.807, 2.05) is 6.07 Å². The lowest BCUT2D eigenvalue weighted by molar-refractivity contribution is 0.0849. The number of hydrogen-bond acceptors (Lipinski definition) is 4. The van der Waals surface area contributed by atoms with Crippen molar-refractivity contribution < 1.29 is 19.7 Å². The van der Waals surface area contributed by atoms with Crippen molar-refractivity contribution in [3.8, 4) is 11.5 Å². The first-order valence-corrected chi connectivity index (χ1v) is 9.23. The maximum atomic E-state index is 13.0. The van der Waals surface area contributed by atoms with E-state index in [-0.39, 0.29) is 23.9 Å². The summed E-state index contributed by atoms with van der Waals surface area (Å²) >= 11 is 0. The Morgan fingerprint density at radius 2 is 1.85 bits per heavy atom. The topological polar surface area (TPSA) is 82.0 Å². The lowest BCUT2D eigenvalue weighted by Gasteiger charge is -2.36. The molecule has 0 aromatic heterocycles.